The lowest BCUT2D eigenvalue weighted by molar-refractivity contribution is 0.628. The number of benzene rings is 9. The molecule has 1 atom stereocenters. The van der Waals surface area contributed by atoms with Gasteiger partial charge >= 0.3 is 0 Å². The van der Waals surface area contributed by atoms with Crippen molar-refractivity contribution in [2.24, 2.45) is 0 Å². The van der Waals surface area contributed by atoms with Gasteiger partial charge in [-0.25, -0.2) is 0 Å². The predicted octanol–water partition coefficient (Wildman–Crippen LogP) is 14.9. The molecule has 0 radical (unpaired) electrons. The Morgan fingerprint density at radius 3 is 1.59 bits per heavy atom. The van der Waals surface area contributed by atoms with Crippen LogP contribution in [0.15, 0.2) is 223 Å². The zero-order valence-electron chi connectivity index (χ0n) is 31.6. The average Bonchev–Trinajstić information content (AvgIpc) is 3.91. The van der Waals surface area contributed by atoms with Crippen LogP contribution in [0.25, 0.3) is 44.2 Å². The number of anilines is 6. The van der Waals surface area contributed by atoms with E-state index in [-0.39, 0.29) is 0 Å². The Balaban J connectivity index is 1.17. The molecule has 58 heavy (non-hydrogen) atoms. The first-order chi connectivity index (χ1) is 28.8. The van der Waals surface area contributed by atoms with Crippen LogP contribution in [0.5, 0.6) is 0 Å². The molecule has 9 aromatic carbocycles. The largest absolute Gasteiger partial charge is 0.456 e. The second kappa shape index (κ2) is 12.7. The lowest BCUT2D eigenvalue weighted by atomic mass is 9.70. The summed E-state index contributed by atoms with van der Waals surface area (Å²) in [5, 5.41) is 3.54. The Morgan fingerprint density at radius 2 is 0.862 bits per heavy atom. The van der Waals surface area contributed by atoms with Crippen molar-refractivity contribution in [3.8, 4) is 22.5 Å². The van der Waals surface area contributed by atoms with Crippen LogP contribution in [0.4, 0.5) is 34.1 Å². The summed E-state index contributed by atoms with van der Waals surface area (Å²) in [4.78, 5) is 4.79. The molecule has 2 aliphatic carbocycles. The van der Waals surface area contributed by atoms with E-state index in [2.05, 4.69) is 228 Å². The molecule has 1 aromatic heterocycles. The molecule has 0 fully saturated rings. The van der Waals surface area contributed by atoms with Crippen molar-refractivity contribution in [3.63, 3.8) is 0 Å². The minimum atomic E-state index is -0.657. The van der Waals surface area contributed by atoms with Gasteiger partial charge in [0.1, 0.15) is 11.3 Å². The number of hydrogen-bond acceptors (Lipinski definition) is 3. The monoisotopic (exact) mass is 740 g/mol. The molecule has 0 amide bonds. The van der Waals surface area contributed by atoms with Gasteiger partial charge in [-0.2, -0.15) is 0 Å². The molecule has 0 saturated heterocycles. The van der Waals surface area contributed by atoms with Gasteiger partial charge in [-0.05, 0) is 112 Å². The zero-order valence-corrected chi connectivity index (χ0v) is 31.6. The molecular formula is C55H36N2O. The van der Waals surface area contributed by atoms with Crippen molar-refractivity contribution in [1.29, 1.82) is 0 Å². The van der Waals surface area contributed by atoms with Gasteiger partial charge in [0.05, 0.1) is 11.1 Å². The van der Waals surface area contributed by atoms with Gasteiger partial charge in [-0.15, -0.1) is 0 Å². The number of para-hydroxylation sites is 4. The van der Waals surface area contributed by atoms with Crippen molar-refractivity contribution >= 4 is 55.9 Å². The molecule has 1 unspecified atom stereocenters. The maximum absolute atomic E-state index is 6.97. The van der Waals surface area contributed by atoms with Gasteiger partial charge in [-0.3, -0.25) is 0 Å². The molecule has 3 nitrogen and oxygen atoms in total. The van der Waals surface area contributed by atoms with E-state index in [0.29, 0.717) is 0 Å². The molecule has 1 spiro atoms. The molecular weight excluding hydrogens is 705 g/mol. The van der Waals surface area contributed by atoms with Crippen molar-refractivity contribution in [3.05, 3.63) is 241 Å². The Bertz CT molecular complexity index is 3140. The van der Waals surface area contributed by atoms with Crippen LogP contribution in [0.2, 0.25) is 0 Å². The summed E-state index contributed by atoms with van der Waals surface area (Å²) in [5.74, 6) is 0.940. The molecule has 2 aliphatic rings. The van der Waals surface area contributed by atoms with Crippen LogP contribution in [0.3, 0.4) is 0 Å². The second-order valence-electron chi connectivity index (χ2n) is 15.2. The summed E-state index contributed by atoms with van der Waals surface area (Å²) in [6.45, 7) is 0. The normalized spacial score (nSPS) is 14.6. The zero-order chi connectivity index (χ0) is 38.2. The Labute approximate surface area is 337 Å². The van der Waals surface area contributed by atoms with Crippen molar-refractivity contribution < 1.29 is 4.42 Å². The van der Waals surface area contributed by atoms with Crippen molar-refractivity contribution in [2.45, 2.75) is 5.41 Å². The molecule has 3 heteroatoms. The highest BCUT2D eigenvalue weighted by Crippen LogP contribution is 2.66. The van der Waals surface area contributed by atoms with E-state index in [1.165, 1.54) is 44.2 Å². The topological polar surface area (TPSA) is 19.6 Å². The fourth-order valence-electron chi connectivity index (χ4n) is 9.90. The molecule has 0 aliphatic heterocycles. The molecule has 10 aromatic rings. The third-order valence-electron chi connectivity index (χ3n) is 12.2. The summed E-state index contributed by atoms with van der Waals surface area (Å²) in [7, 11) is 0. The first-order valence-electron chi connectivity index (χ1n) is 19.9. The van der Waals surface area contributed by atoms with E-state index in [9.17, 15) is 0 Å². The summed E-state index contributed by atoms with van der Waals surface area (Å²) in [6.07, 6.45) is 0. The first kappa shape index (κ1) is 32.6. The quantitative estimate of drug-likeness (QED) is 0.169. The molecule has 272 valence electrons. The van der Waals surface area contributed by atoms with Crippen molar-refractivity contribution in [2.75, 3.05) is 9.80 Å². The lowest BCUT2D eigenvalue weighted by Gasteiger charge is -2.33. The van der Waals surface area contributed by atoms with E-state index in [1.807, 2.05) is 0 Å². The second-order valence-corrected chi connectivity index (χ2v) is 15.2. The first-order valence-corrected chi connectivity index (χ1v) is 19.9. The number of rotatable bonds is 6. The summed E-state index contributed by atoms with van der Waals surface area (Å²) >= 11 is 0. The lowest BCUT2D eigenvalue weighted by Crippen LogP contribution is -2.26. The van der Waals surface area contributed by atoms with Crippen LogP contribution in [-0.4, -0.2) is 0 Å². The number of fused-ring (bicyclic) bond motifs is 13. The SMILES string of the molecule is c1ccc(N(c2ccccc2)c2ccc3c(c2)C2(c4ccccc4-3)c3cc(N(c4ccccc4)c4cccc5ccccc45)ccc3-c3oc4ccccc4c32)cc1. The Morgan fingerprint density at radius 1 is 0.345 bits per heavy atom. The minimum Gasteiger partial charge on any atom is -0.456 e. The Kier molecular flexibility index (Phi) is 7.14. The fraction of sp³-hybridized carbons (Fsp3) is 0.0182. The van der Waals surface area contributed by atoms with Crippen LogP contribution >= 0.6 is 0 Å². The summed E-state index contributed by atoms with van der Waals surface area (Å²) < 4.78 is 6.97. The highest BCUT2D eigenvalue weighted by molar-refractivity contribution is 6.04. The van der Waals surface area contributed by atoms with E-state index in [4.69, 9.17) is 4.42 Å². The minimum absolute atomic E-state index is 0.657. The van der Waals surface area contributed by atoms with E-state index in [1.54, 1.807) is 0 Å². The third kappa shape index (κ3) is 4.62. The standard InChI is InChI=1S/C55H36N2O/c1-4-19-38(20-5-1)56(39-21-6-2-7-22-39)41-31-33-45-44-26-12-14-28-48(44)55(49(45)35-41)50-36-42(32-34-46(50)54-53(55)47-27-13-15-30-52(47)58-54)57(40-23-8-3-9-24-40)51-29-16-18-37-17-10-11-25-43(37)51/h1-36H. The third-order valence-corrected chi connectivity index (χ3v) is 12.2. The predicted molar refractivity (Wildman–Crippen MR) is 239 cm³/mol. The number of hydrogen-bond donors (Lipinski definition) is 0. The highest BCUT2D eigenvalue weighted by atomic mass is 16.3. The summed E-state index contributed by atoms with van der Waals surface area (Å²) in [6, 6.07) is 79.1. The van der Waals surface area contributed by atoms with Gasteiger partial charge < -0.3 is 14.2 Å². The smallest absolute Gasteiger partial charge is 0.140 e. The van der Waals surface area contributed by atoms with E-state index in [0.717, 1.165) is 56.4 Å². The van der Waals surface area contributed by atoms with Crippen LogP contribution in [0.1, 0.15) is 22.3 Å². The van der Waals surface area contributed by atoms with Gasteiger partial charge in [0, 0.05) is 50.3 Å². The van der Waals surface area contributed by atoms with Crippen LogP contribution < -0.4 is 9.80 Å². The van der Waals surface area contributed by atoms with E-state index >= 15 is 0 Å². The van der Waals surface area contributed by atoms with Gasteiger partial charge in [0.2, 0.25) is 0 Å². The molecule has 1 heterocycles. The van der Waals surface area contributed by atoms with Gasteiger partial charge in [-0.1, -0.05) is 140 Å². The van der Waals surface area contributed by atoms with Crippen LogP contribution in [0, 0.1) is 0 Å². The van der Waals surface area contributed by atoms with Gasteiger partial charge in [0.25, 0.3) is 0 Å². The molecule has 0 N–H and O–H groups in total. The summed E-state index contributed by atoms with van der Waals surface area (Å²) in [5.41, 5.74) is 15.5. The number of furan rings is 1. The molecule has 12 rings (SSSR count). The van der Waals surface area contributed by atoms with Crippen molar-refractivity contribution in [1.82, 2.24) is 0 Å². The van der Waals surface area contributed by atoms with Crippen LogP contribution in [-0.2, 0) is 5.41 Å². The Hall–Kier alpha value is -7.62. The maximum Gasteiger partial charge on any atom is 0.140 e. The molecule has 0 saturated carbocycles. The van der Waals surface area contributed by atoms with Gasteiger partial charge in [0.15, 0.2) is 0 Å². The number of nitrogens with zero attached hydrogens (tertiary/aromatic N) is 2. The molecule has 0 bridgehead atoms. The average molecular weight is 741 g/mol. The maximum atomic E-state index is 6.97. The highest BCUT2D eigenvalue weighted by Gasteiger charge is 2.54. The fourth-order valence-corrected chi connectivity index (χ4v) is 9.90. The van der Waals surface area contributed by atoms with E-state index < -0.39 is 5.41 Å².